The summed E-state index contributed by atoms with van der Waals surface area (Å²) in [5.41, 5.74) is 7.19. The van der Waals surface area contributed by atoms with Gasteiger partial charge < -0.3 is 10.5 Å². The number of aryl methyl sites for hydroxylation is 1. The first-order chi connectivity index (χ1) is 9.45. The van der Waals surface area contributed by atoms with Crippen LogP contribution in [0.15, 0.2) is 17.0 Å². The first-order valence-electron chi connectivity index (χ1n) is 7.03. The van der Waals surface area contributed by atoms with E-state index in [2.05, 4.69) is 11.6 Å². The Balaban J connectivity index is 1.94. The highest BCUT2D eigenvalue weighted by atomic mass is 32.2. The van der Waals surface area contributed by atoms with Crippen LogP contribution in [0.1, 0.15) is 31.7 Å². The van der Waals surface area contributed by atoms with Crippen LogP contribution in [-0.4, -0.2) is 21.1 Å². The maximum atomic E-state index is 12.5. The second-order valence-electron chi connectivity index (χ2n) is 5.85. The number of hydrogen-bond acceptors (Lipinski definition) is 4. The Kier molecular flexibility index (Phi) is 3.38. The molecule has 0 atom stereocenters. The highest BCUT2D eigenvalue weighted by molar-refractivity contribution is 7.89. The van der Waals surface area contributed by atoms with Crippen LogP contribution in [0.5, 0.6) is 5.75 Å². The van der Waals surface area contributed by atoms with Crippen molar-refractivity contribution < 1.29 is 13.2 Å². The van der Waals surface area contributed by atoms with Gasteiger partial charge in [0.15, 0.2) is 0 Å². The van der Waals surface area contributed by atoms with Crippen molar-refractivity contribution in [2.45, 2.75) is 43.5 Å². The molecule has 0 bridgehead atoms. The summed E-state index contributed by atoms with van der Waals surface area (Å²) in [6, 6.07) is 3.34. The van der Waals surface area contributed by atoms with Gasteiger partial charge in [-0.1, -0.05) is 6.92 Å². The van der Waals surface area contributed by atoms with E-state index in [4.69, 9.17) is 10.5 Å². The van der Waals surface area contributed by atoms with E-state index in [1.165, 1.54) is 6.07 Å². The molecule has 0 radical (unpaired) electrons. The van der Waals surface area contributed by atoms with Gasteiger partial charge in [0.1, 0.15) is 10.6 Å². The van der Waals surface area contributed by atoms with Gasteiger partial charge in [-0.05, 0) is 49.3 Å². The molecule has 0 spiro atoms. The molecule has 1 aliphatic carbocycles. The Labute approximate surface area is 119 Å². The predicted octanol–water partition coefficient (Wildman–Crippen LogP) is 1.67. The standard InChI is InChI=1S/C14H20N2O3S/c1-9-5-12(6-9)16-20(17,18)13-8-11(15)7-10-3-2-4-19-14(10)13/h7-9,12,16H,2-6,15H2,1H3. The molecule has 1 fully saturated rings. The minimum Gasteiger partial charge on any atom is -0.492 e. The molecule has 1 saturated carbocycles. The van der Waals surface area contributed by atoms with Crippen molar-refractivity contribution in [3.8, 4) is 5.75 Å². The second kappa shape index (κ2) is 4.93. The van der Waals surface area contributed by atoms with Gasteiger partial charge in [0, 0.05) is 11.7 Å². The van der Waals surface area contributed by atoms with Crippen molar-refractivity contribution in [2.24, 2.45) is 5.92 Å². The summed E-state index contributed by atoms with van der Waals surface area (Å²) in [6.07, 6.45) is 3.49. The molecule has 1 aromatic rings. The summed E-state index contributed by atoms with van der Waals surface area (Å²) in [6.45, 7) is 2.68. The minimum atomic E-state index is -3.56. The summed E-state index contributed by atoms with van der Waals surface area (Å²) >= 11 is 0. The molecule has 3 N–H and O–H groups in total. The Hall–Kier alpha value is -1.27. The van der Waals surface area contributed by atoms with E-state index in [-0.39, 0.29) is 10.9 Å². The third kappa shape index (κ3) is 2.50. The minimum absolute atomic E-state index is 0.0377. The predicted molar refractivity (Wildman–Crippen MR) is 77.2 cm³/mol. The lowest BCUT2D eigenvalue weighted by atomic mass is 9.83. The topological polar surface area (TPSA) is 81.4 Å². The molecule has 5 nitrogen and oxygen atoms in total. The number of anilines is 1. The average molecular weight is 296 g/mol. The highest BCUT2D eigenvalue weighted by Gasteiger charge is 2.32. The van der Waals surface area contributed by atoms with Gasteiger partial charge in [0.25, 0.3) is 0 Å². The molecule has 0 aromatic heterocycles. The van der Waals surface area contributed by atoms with Crippen molar-refractivity contribution in [2.75, 3.05) is 12.3 Å². The number of nitrogens with one attached hydrogen (secondary N) is 1. The van der Waals surface area contributed by atoms with Crippen LogP contribution in [0.4, 0.5) is 5.69 Å². The van der Waals surface area contributed by atoms with Crippen LogP contribution in [-0.2, 0) is 16.4 Å². The fraction of sp³-hybridized carbons (Fsp3) is 0.571. The van der Waals surface area contributed by atoms with Gasteiger partial charge in [-0.25, -0.2) is 13.1 Å². The summed E-state index contributed by atoms with van der Waals surface area (Å²) in [5.74, 6) is 1.07. The largest absolute Gasteiger partial charge is 0.492 e. The van der Waals surface area contributed by atoms with Gasteiger partial charge >= 0.3 is 0 Å². The van der Waals surface area contributed by atoms with Gasteiger partial charge in [-0.2, -0.15) is 0 Å². The normalized spacial score (nSPS) is 25.4. The van der Waals surface area contributed by atoms with Crippen LogP contribution in [0, 0.1) is 5.92 Å². The molecule has 1 heterocycles. The Morgan fingerprint density at radius 3 is 2.80 bits per heavy atom. The monoisotopic (exact) mass is 296 g/mol. The third-order valence-corrected chi connectivity index (χ3v) is 5.50. The molecule has 110 valence electrons. The van der Waals surface area contributed by atoms with Gasteiger partial charge in [0.2, 0.25) is 10.0 Å². The first kappa shape index (κ1) is 13.7. The number of benzene rings is 1. The lowest BCUT2D eigenvalue weighted by Crippen LogP contribution is -2.43. The molecule has 1 aromatic carbocycles. The van der Waals surface area contributed by atoms with Crippen LogP contribution in [0.3, 0.4) is 0 Å². The summed E-state index contributed by atoms with van der Waals surface area (Å²) in [7, 11) is -3.56. The number of hydrogen-bond donors (Lipinski definition) is 2. The summed E-state index contributed by atoms with van der Waals surface area (Å²) < 4.78 is 33.4. The molecular formula is C14H20N2O3S. The van der Waals surface area contributed by atoms with Crippen molar-refractivity contribution in [3.63, 3.8) is 0 Å². The molecule has 20 heavy (non-hydrogen) atoms. The highest BCUT2D eigenvalue weighted by Crippen LogP contribution is 2.35. The Morgan fingerprint density at radius 1 is 1.35 bits per heavy atom. The van der Waals surface area contributed by atoms with Crippen molar-refractivity contribution in [1.29, 1.82) is 0 Å². The lowest BCUT2D eigenvalue weighted by Gasteiger charge is -2.33. The van der Waals surface area contributed by atoms with Crippen molar-refractivity contribution in [1.82, 2.24) is 4.72 Å². The molecule has 0 saturated heterocycles. The summed E-state index contributed by atoms with van der Waals surface area (Å²) in [4.78, 5) is 0.187. The quantitative estimate of drug-likeness (QED) is 0.831. The van der Waals surface area contributed by atoms with E-state index >= 15 is 0 Å². The van der Waals surface area contributed by atoms with Crippen LogP contribution in [0.25, 0.3) is 0 Å². The SMILES string of the molecule is CC1CC(NS(=O)(=O)c2cc(N)cc3c2OCCC3)C1. The van der Waals surface area contributed by atoms with E-state index in [0.29, 0.717) is 24.0 Å². The smallest absolute Gasteiger partial charge is 0.244 e. The Bertz CT molecular complexity index is 622. The Morgan fingerprint density at radius 2 is 2.10 bits per heavy atom. The first-order valence-corrected chi connectivity index (χ1v) is 8.51. The van der Waals surface area contributed by atoms with Gasteiger partial charge in [-0.15, -0.1) is 0 Å². The zero-order valence-electron chi connectivity index (χ0n) is 11.6. The average Bonchev–Trinajstić information content (AvgIpc) is 2.35. The third-order valence-electron chi connectivity index (χ3n) is 3.98. The van der Waals surface area contributed by atoms with Crippen molar-refractivity contribution in [3.05, 3.63) is 17.7 Å². The van der Waals surface area contributed by atoms with Crippen molar-refractivity contribution >= 4 is 15.7 Å². The van der Waals surface area contributed by atoms with Crippen LogP contribution in [0.2, 0.25) is 0 Å². The van der Waals surface area contributed by atoms with E-state index in [9.17, 15) is 8.42 Å². The number of nitrogen functional groups attached to an aromatic ring is 1. The number of rotatable bonds is 3. The number of fused-ring (bicyclic) bond motifs is 1. The molecule has 6 heteroatoms. The van der Waals surface area contributed by atoms with E-state index < -0.39 is 10.0 Å². The lowest BCUT2D eigenvalue weighted by molar-refractivity contribution is 0.267. The molecule has 0 amide bonds. The van der Waals surface area contributed by atoms with Gasteiger partial charge in [-0.3, -0.25) is 0 Å². The van der Waals surface area contributed by atoms with Gasteiger partial charge in [0.05, 0.1) is 6.61 Å². The molecule has 0 unspecified atom stereocenters. The number of nitrogens with two attached hydrogens (primary N) is 1. The zero-order valence-corrected chi connectivity index (χ0v) is 12.4. The molecule has 2 aliphatic rings. The fourth-order valence-corrected chi connectivity index (χ4v) is 4.43. The number of ether oxygens (including phenoxy) is 1. The fourth-order valence-electron chi connectivity index (χ4n) is 2.95. The molecular weight excluding hydrogens is 276 g/mol. The maximum absolute atomic E-state index is 12.5. The van der Waals surface area contributed by atoms with Crippen LogP contribution < -0.4 is 15.2 Å². The number of sulfonamides is 1. The second-order valence-corrected chi connectivity index (χ2v) is 7.54. The van der Waals surface area contributed by atoms with E-state index in [1.807, 2.05) is 0 Å². The van der Waals surface area contributed by atoms with E-state index in [1.54, 1.807) is 6.07 Å². The van der Waals surface area contributed by atoms with E-state index in [0.717, 1.165) is 31.2 Å². The van der Waals surface area contributed by atoms with Crippen LogP contribution >= 0.6 is 0 Å². The zero-order chi connectivity index (χ0) is 14.3. The molecule has 1 aliphatic heterocycles. The maximum Gasteiger partial charge on any atom is 0.244 e. The molecule has 3 rings (SSSR count). The summed E-state index contributed by atoms with van der Waals surface area (Å²) in [5, 5.41) is 0.